The van der Waals surface area contributed by atoms with E-state index >= 15 is 0 Å². The van der Waals surface area contributed by atoms with Crippen LogP contribution in [0, 0.1) is 0 Å². The third-order valence-corrected chi connectivity index (χ3v) is 5.27. The van der Waals surface area contributed by atoms with E-state index in [1.807, 2.05) is 51.1 Å². The van der Waals surface area contributed by atoms with E-state index in [-0.39, 0.29) is 24.5 Å². The molecule has 174 valence electrons. The number of nitrogens with one attached hydrogen (secondary N) is 1. The summed E-state index contributed by atoms with van der Waals surface area (Å²) in [4.78, 5) is 27.8. The third kappa shape index (κ3) is 7.18. The molecule has 0 fully saturated rings. The van der Waals surface area contributed by atoms with Crippen LogP contribution < -0.4 is 19.5 Å². The maximum absolute atomic E-state index is 13.2. The summed E-state index contributed by atoms with van der Waals surface area (Å²) in [5.74, 6) is 1.14. The molecular weight excluding hydrogens is 408 g/mol. The number of hydrogen-bond donors (Lipinski definition) is 1. The Hall–Kier alpha value is -3.22. The summed E-state index contributed by atoms with van der Waals surface area (Å²) < 4.78 is 16.3. The zero-order valence-electron chi connectivity index (χ0n) is 19.6. The topological polar surface area (TPSA) is 77.1 Å². The summed E-state index contributed by atoms with van der Waals surface area (Å²) in [6, 6.07) is 14.2. The molecule has 0 radical (unpaired) electrons. The van der Waals surface area contributed by atoms with Crippen LogP contribution in [0.2, 0.25) is 0 Å². The first-order chi connectivity index (χ1) is 15.4. The van der Waals surface area contributed by atoms with Gasteiger partial charge in [-0.2, -0.15) is 0 Å². The fourth-order valence-electron chi connectivity index (χ4n) is 3.23. The highest BCUT2D eigenvalue weighted by Crippen LogP contribution is 2.27. The number of methoxy groups -OCH3 is 2. The van der Waals surface area contributed by atoms with Crippen molar-refractivity contribution in [2.75, 3.05) is 20.8 Å². The van der Waals surface area contributed by atoms with Crippen LogP contribution in [0.5, 0.6) is 17.2 Å². The van der Waals surface area contributed by atoms with Crippen molar-refractivity contribution >= 4 is 11.8 Å². The Morgan fingerprint density at radius 3 is 2.06 bits per heavy atom. The van der Waals surface area contributed by atoms with Gasteiger partial charge in [0.2, 0.25) is 5.91 Å². The Balaban J connectivity index is 2.22. The molecule has 1 N–H and O–H groups in total. The maximum atomic E-state index is 13.2. The van der Waals surface area contributed by atoms with Crippen molar-refractivity contribution in [2.45, 2.75) is 52.2 Å². The predicted octanol–water partition coefficient (Wildman–Crippen LogP) is 3.80. The van der Waals surface area contributed by atoms with Crippen molar-refractivity contribution in [3.8, 4) is 17.2 Å². The largest absolute Gasteiger partial charge is 0.496 e. The monoisotopic (exact) mass is 442 g/mol. The molecule has 0 saturated carbocycles. The zero-order chi connectivity index (χ0) is 23.5. The zero-order valence-corrected chi connectivity index (χ0v) is 19.6. The molecule has 32 heavy (non-hydrogen) atoms. The van der Waals surface area contributed by atoms with E-state index in [0.29, 0.717) is 30.2 Å². The highest BCUT2D eigenvalue weighted by atomic mass is 16.5. The standard InChI is InChI=1S/C25H34N2O5/c1-6-18(3)26-25(29)23(7-2)27(16-19-11-9-8-10-12-19)24(28)17-32-22-14-20(30-4)13-21(15-22)31-5/h8-15,18,23H,6-7,16-17H2,1-5H3,(H,26,29)/t18-,23-/m0/s1. The van der Waals surface area contributed by atoms with Crippen molar-refractivity contribution in [1.29, 1.82) is 0 Å². The van der Waals surface area contributed by atoms with Gasteiger partial charge in [0.1, 0.15) is 23.3 Å². The Kier molecular flexibility index (Phi) is 9.85. The van der Waals surface area contributed by atoms with Crippen LogP contribution in [0.4, 0.5) is 0 Å². The van der Waals surface area contributed by atoms with Gasteiger partial charge in [-0.3, -0.25) is 9.59 Å². The van der Waals surface area contributed by atoms with Gasteiger partial charge >= 0.3 is 0 Å². The van der Waals surface area contributed by atoms with Gasteiger partial charge in [0.25, 0.3) is 5.91 Å². The fraction of sp³-hybridized carbons (Fsp3) is 0.440. The average Bonchev–Trinajstić information content (AvgIpc) is 2.82. The molecule has 0 aliphatic heterocycles. The molecule has 0 aromatic heterocycles. The molecule has 2 atom stereocenters. The summed E-state index contributed by atoms with van der Waals surface area (Å²) in [5.41, 5.74) is 0.943. The molecule has 7 heteroatoms. The van der Waals surface area contributed by atoms with E-state index in [1.54, 1.807) is 37.3 Å². The van der Waals surface area contributed by atoms with Gasteiger partial charge in [0.05, 0.1) is 14.2 Å². The molecule has 2 aromatic rings. The van der Waals surface area contributed by atoms with E-state index in [9.17, 15) is 9.59 Å². The highest BCUT2D eigenvalue weighted by molar-refractivity contribution is 5.88. The summed E-state index contributed by atoms with van der Waals surface area (Å²) >= 11 is 0. The van der Waals surface area contributed by atoms with Gasteiger partial charge in [-0.25, -0.2) is 0 Å². The smallest absolute Gasteiger partial charge is 0.261 e. The maximum Gasteiger partial charge on any atom is 0.261 e. The summed E-state index contributed by atoms with van der Waals surface area (Å²) in [6.07, 6.45) is 1.31. The first kappa shape index (κ1) is 25.0. The highest BCUT2D eigenvalue weighted by Gasteiger charge is 2.29. The molecule has 2 rings (SSSR count). The normalized spacial score (nSPS) is 12.4. The van der Waals surface area contributed by atoms with Crippen molar-refractivity contribution in [3.05, 3.63) is 54.1 Å². The number of amides is 2. The molecule has 2 amide bonds. The Morgan fingerprint density at radius 1 is 0.938 bits per heavy atom. The first-order valence-electron chi connectivity index (χ1n) is 10.9. The molecular formula is C25H34N2O5. The van der Waals surface area contributed by atoms with Crippen molar-refractivity contribution in [3.63, 3.8) is 0 Å². The van der Waals surface area contributed by atoms with Crippen LogP contribution >= 0.6 is 0 Å². The minimum atomic E-state index is -0.597. The van der Waals surface area contributed by atoms with Gasteiger partial charge in [0.15, 0.2) is 6.61 Å². The lowest BCUT2D eigenvalue weighted by Gasteiger charge is -2.31. The Labute approximate surface area is 190 Å². The Morgan fingerprint density at radius 2 is 1.53 bits per heavy atom. The van der Waals surface area contributed by atoms with E-state index < -0.39 is 6.04 Å². The number of rotatable bonds is 12. The summed E-state index contributed by atoms with van der Waals surface area (Å²) in [7, 11) is 3.10. The number of carbonyl (C=O) groups excluding carboxylic acids is 2. The number of ether oxygens (including phenoxy) is 3. The van der Waals surface area contributed by atoms with Crippen LogP contribution in [0.1, 0.15) is 39.2 Å². The molecule has 0 unspecified atom stereocenters. The van der Waals surface area contributed by atoms with Gasteiger partial charge < -0.3 is 24.4 Å². The van der Waals surface area contributed by atoms with Crippen molar-refractivity contribution in [2.24, 2.45) is 0 Å². The Bertz CT molecular complexity index is 850. The van der Waals surface area contributed by atoms with Crippen molar-refractivity contribution < 1.29 is 23.8 Å². The second-order valence-corrected chi connectivity index (χ2v) is 7.59. The first-order valence-corrected chi connectivity index (χ1v) is 10.9. The molecule has 0 saturated heterocycles. The predicted molar refractivity (Wildman–Crippen MR) is 124 cm³/mol. The number of nitrogens with zero attached hydrogens (tertiary/aromatic N) is 1. The molecule has 2 aromatic carbocycles. The molecule has 0 spiro atoms. The average molecular weight is 443 g/mol. The number of benzene rings is 2. The summed E-state index contributed by atoms with van der Waals surface area (Å²) in [6.45, 7) is 5.97. The van der Waals surface area contributed by atoms with E-state index in [0.717, 1.165) is 12.0 Å². The van der Waals surface area contributed by atoms with Gasteiger partial charge in [0, 0.05) is 30.8 Å². The van der Waals surface area contributed by atoms with Crippen molar-refractivity contribution in [1.82, 2.24) is 10.2 Å². The number of carbonyl (C=O) groups is 2. The lowest BCUT2D eigenvalue weighted by molar-refractivity contribution is -0.143. The molecule has 0 aliphatic carbocycles. The van der Waals surface area contributed by atoms with E-state index in [2.05, 4.69) is 5.32 Å². The number of hydrogen-bond acceptors (Lipinski definition) is 5. The molecule has 0 aliphatic rings. The lowest BCUT2D eigenvalue weighted by atomic mass is 10.1. The minimum absolute atomic E-state index is 0.0331. The molecule has 7 nitrogen and oxygen atoms in total. The second kappa shape index (κ2) is 12.6. The van der Waals surface area contributed by atoms with Crippen LogP contribution in [0.3, 0.4) is 0 Å². The third-order valence-electron chi connectivity index (χ3n) is 5.27. The van der Waals surface area contributed by atoms with E-state index in [1.165, 1.54) is 0 Å². The van der Waals surface area contributed by atoms with Gasteiger partial charge in [-0.15, -0.1) is 0 Å². The van der Waals surface area contributed by atoms with Gasteiger partial charge in [-0.05, 0) is 25.3 Å². The quantitative estimate of drug-likeness (QED) is 0.541. The van der Waals surface area contributed by atoms with Crippen LogP contribution in [0.25, 0.3) is 0 Å². The SMILES string of the molecule is CC[C@H](C)NC(=O)[C@H](CC)N(Cc1ccccc1)C(=O)COc1cc(OC)cc(OC)c1. The van der Waals surface area contributed by atoms with Crippen LogP contribution in [0.15, 0.2) is 48.5 Å². The van der Waals surface area contributed by atoms with E-state index in [4.69, 9.17) is 14.2 Å². The molecule has 0 bridgehead atoms. The minimum Gasteiger partial charge on any atom is -0.496 e. The summed E-state index contributed by atoms with van der Waals surface area (Å²) in [5, 5.41) is 3.00. The fourth-order valence-corrected chi connectivity index (χ4v) is 3.23. The molecule has 0 heterocycles. The van der Waals surface area contributed by atoms with Crippen LogP contribution in [-0.2, 0) is 16.1 Å². The lowest BCUT2D eigenvalue weighted by Crippen LogP contribution is -2.51. The second-order valence-electron chi connectivity index (χ2n) is 7.59. The van der Waals surface area contributed by atoms with Gasteiger partial charge in [-0.1, -0.05) is 44.2 Å². The van der Waals surface area contributed by atoms with Crippen LogP contribution in [-0.4, -0.2) is 49.6 Å².